The molecule has 7 heteroatoms. The van der Waals surface area contributed by atoms with Gasteiger partial charge in [0.15, 0.2) is 5.69 Å². The Morgan fingerprint density at radius 2 is 2.25 bits per heavy atom. The van der Waals surface area contributed by atoms with E-state index in [2.05, 4.69) is 31.0 Å². The molecule has 2 rings (SSSR count). The van der Waals surface area contributed by atoms with Crippen LogP contribution < -0.4 is 0 Å². The van der Waals surface area contributed by atoms with Crippen molar-refractivity contribution in [2.45, 2.75) is 19.9 Å². The Bertz CT molecular complexity index is 643. The normalized spacial score (nSPS) is 10.6. The Morgan fingerprint density at radius 3 is 2.85 bits per heavy atom. The monoisotopic (exact) mass is 341 g/mol. The second-order valence-electron chi connectivity index (χ2n) is 4.12. The minimum absolute atomic E-state index is 0.174. The average molecular weight is 342 g/mol. The number of carbonyl (C=O) groups is 1. The lowest BCUT2D eigenvalue weighted by Gasteiger charge is -2.07. The standard InChI is InChI=1S/C13H13BrFN3O2/c1-3-11-12(13(19)20-2)16-17-18(11)7-8-4-5-9(14)6-10(8)15/h4-6H,3,7H2,1-2H3. The van der Waals surface area contributed by atoms with Gasteiger partial charge in [-0.2, -0.15) is 0 Å². The summed E-state index contributed by atoms with van der Waals surface area (Å²) in [6.45, 7) is 2.09. The highest BCUT2D eigenvalue weighted by atomic mass is 79.9. The molecule has 0 aliphatic rings. The fraction of sp³-hybridized carbons (Fsp3) is 0.308. The second kappa shape index (κ2) is 6.13. The van der Waals surface area contributed by atoms with Gasteiger partial charge < -0.3 is 4.74 Å². The molecular formula is C13H13BrFN3O2. The zero-order valence-corrected chi connectivity index (χ0v) is 12.6. The molecule has 0 radical (unpaired) electrons. The highest BCUT2D eigenvalue weighted by Crippen LogP contribution is 2.17. The fourth-order valence-corrected chi connectivity index (χ4v) is 2.21. The zero-order chi connectivity index (χ0) is 14.7. The molecule has 0 spiro atoms. The Balaban J connectivity index is 2.34. The van der Waals surface area contributed by atoms with E-state index in [0.29, 0.717) is 22.2 Å². The Labute approximate surface area is 123 Å². The molecular weight excluding hydrogens is 329 g/mol. The molecule has 5 nitrogen and oxygen atoms in total. The Morgan fingerprint density at radius 1 is 1.50 bits per heavy atom. The number of nitrogens with zero attached hydrogens (tertiary/aromatic N) is 3. The molecule has 0 bridgehead atoms. The SMILES string of the molecule is CCc1c(C(=O)OC)nnn1Cc1ccc(Br)cc1F. The summed E-state index contributed by atoms with van der Waals surface area (Å²) in [5, 5.41) is 7.71. The molecule has 0 aliphatic carbocycles. The van der Waals surface area contributed by atoms with Gasteiger partial charge >= 0.3 is 5.97 Å². The third-order valence-electron chi connectivity index (χ3n) is 2.89. The predicted octanol–water partition coefficient (Wildman–Crippen LogP) is 2.58. The van der Waals surface area contributed by atoms with Gasteiger partial charge in [-0.3, -0.25) is 0 Å². The minimum Gasteiger partial charge on any atom is -0.464 e. The smallest absolute Gasteiger partial charge is 0.360 e. The van der Waals surface area contributed by atoms with Crippen LogP contribution in [0.4, 0.5) is 4.39 Å². The van der Waals surface area contributed by atoms with Crippen molar-refractivity contribution >= 4 is 21.9 Å². The van der Waals surface area contributed by atoms with Crippen molar-refractivity contribution < 1.29 is 13.9 Å². The quantitative estimate of drug-likeness (QED) is 0.802. The molecule has 0 amide bonds. The summed E-state index contributed by atoms with van der Waals surface area (Å²) in [5.74, 6) is -0.874. The molecule has 20 heavy (non-hydrogen) atoms. The minimum atomic E-state index is -0.538. The summed E-state index contributed by atoms with van der Waals surface area (Å²) in [5.41, 5.74) is 1.27. The number of hydrogen-bond donors (Lipinski definition) is 0. The molecule has 1 aromatic carbocycles. The van der Waals surface area contributed by atoms with Crippen LogP contribution in [0.1, 0.15) is 28.7 Å². The zero-order valence-electron chi connectivity index (χ0n) is 11.1. The number of esters is 1. The number of rotatable bonds is 4. The molecule has 0 saturated carbocycles. The van der Waals surface area contributed by atoms with Gasteiger partial charge in [-0.1, -0.05) is 34.1 Å². The van der Waals surface area contributed by atoms with Crippen LogP contribution >= 0.6 is 15.9 Å². The van der Waals surface area contributed by atoms with Gasteiger partial charge in [-0.15, -0.1) is 5.10 Å². The lowest BCUT2D eigenvalue weighted by atomic mass is 10.2. The number of aromatic nitrogens is 3. The number of benzene rings is 1. The number of methoxy groups -OCH3 is 1. The van der Waals surface area contributed by atoms with Gasteiger partial charge in [0.25, 0.3) is 0 Å². The molecule has 0 unspecified atom stereocenters. The van der Waals surface area contributed by atoms with E-state index in [-0.39, 0.29) is 18.1 Å². The van der Waals surface area contributed by atoms with Crippen LogP contribution in [0, 0.1) is 5.82 Å². The first-order valence-corrected chi connectivity index (χ1v) is 6.80. The Hall–Kier alpha value is -1.76. The summed E-state index contributed by atoms with van der Waals surface area (Å²) < 4.78 is 20.6. The van der Waals surface area contributed by atoms with E-state index in [1.807, 2.05) is 6.92 Å². The summed E-state index contributed by atoms with van der Waals surface area (Å²) >= 11 is 3.21. The topological polar surface area (TPSA) is 57.0 Å². The van der Waals surface area contributed by atoms with E-state index >= 15 is 0 Å². The van der Waals surface area contributed by atoms with Gasteiger partial charge in [0, 0.05) is 10.0 Å². The van der Waals surface area contributed by atoms with E-state index in [0.717, 1.165) is 0 Å². The van der Waals surface area contributed by atoms with Crippen LogP contribution in [-0.4, -0.2) is 28.1 Å². The van der Waals surface area contributed by atoms with E-state index in [4.69, 9.17) is 0 Å². The van der Waals surface area contributed by atoms with Crippen LogP contribution in [0.3, 0.4) is 0 Å². The molecule has 1 heterocycles. The third-order valence-corrected chi connectivity index (χ3v) is 3.38. The predicted molar refractivity (Wildman–Crippen MR) is 73.9 cm³/mol. The lowest BCUT2D eigenvalue weighted by Crippen LogP contribution is -2.10. The lowest BCUT2D eigenvalue weighted by molar-refractivity contribution is 0.0592. The van der Waals surface area contributed by atoms with Crippen molar-refractivity contribution in [3.05, 3.63) is 45.4 Å². The molecule has 0 aliphatic heterocycles. The molecule has 0 fully saturated rings. The summed E-state index contributed by atoms with van der Waals surface area (Å²) in [4.78, 5) is 11.6. The molecule has 0 atom stereocenters. The molecule has 106 valence electrons. The van der Waals surface area contributed by atoms with E-state index in [1.165, 1.54) is 17.9 Å². The van der Waals surface area contributed by atoms with Gasteiger partial charge in [0.1, 0.15) is 5.82 Å². The summed E-state index contributed by atoms with van der Waals surface area (Å²) in [6.07, 6.45) is 0.551. The van der Waals surface area contributed by atoms with Crippen LogP contribution in [-0.2, 0) is 17.7 Å². The largest absolute Gasteiger partial charge is 0.464 e. The fourth-order valence-electron chi connectivity index (χ4n) is 1.88. The highest BCUT2D eigenvalue weighted by molar-refractivity contribution is 9.10. The molecule has 1 aromatic heterocycles. The van der Waals surface area contributed by atoms with Crippen LogP contribution in [0.15, 0.2) is 22.7 Å². The number of ether oxygens (including phenoxy) is 1. The third kappa shape index (κ3) is 2.87. The second-order valence-corrected chi connectivity index (χ2v) is 5.04. The van der Waals surface area contributed by atoms with Crippen LogP contribution in [0.2, 0.25) is 0 Å². The van der Waals surface area contributed by atoms with Gasteiger partial charge in [0.05, 0.1) is 19.3 Å². The highest BCUT2D eigenvalue weighted by Gasteiger charge is 2.19. The van der Waals surface area contributed by atoms with Crippen molar-refractivity contribution in [3.8, 4) is 0 Å². The van der Waals surface area contributed by atoms with Gasteiger partial charge in [-0.25, -0.2) is 13.9 Å². The van der Waals surface area contributed by atoms with Crippen molar-refractivity contribution in [1.82, 2.24) is 15.0 Å². The first-order chi connectivity index (χ1) is 9.56. The average Bonchev–Trinajstić information content (AvgIpc) is 2.83. The molecule has 0 saturated heterocycles. The van der Waals surface area contributed by atoms with Crippen molar-refractivity contribution in [3.63, 3.8) is 0 Å². The molecule has 2 aromatic rings. The van der Waals surface area contributed by atoms with Crippen LogP contribution in [0.25, 0.3) is 0 Å². The van der Waals surface area contributed by atoms with Gasteiger partial charge in [0.2, 0.25) is 0 Å². The van der Waals surface area contributed by atoms with E-state index in [1.54, 1.807) is 12.1 Å². The number of carbonyl (C=O) groups excluding carboxylic acids is 1. The van der Waals surface area contributed by atoms with Crippen molar-refractivity contribution in [2.75, 3.05) is 7.11 Å². The first-order valence-electron chi connectivity index (χ1n) is 6.01. The maximum Gasteiger partial charge on any atom is 0.360 e. The van der Waals surface area contributed by atoms with Crippen molar-refractivity contribution in [2.24, 2.45) is 0 Å². The van der Waals surface area contributed by atoms with Crippen LogP contribution in [0.5, 0.6) is 0 Å². The Kier molecular flexibility index (Phi) is 4.49. The molecule has 0 N–H and O–H groups in total. The first kappa shape index (κ1) is 14.6. The maximum atomic E-state index is 13.8. The van der Waals surface area contributed by atoms with Crippen molar-refractivity contribution in [1.29, 1.82) is 0 Å². The van der Waals surface area contributed by atoms with E-state index < -0.39 is 5.97 Å². The number of hydrogen-bond acceptors (Lipinski definition) is 4. The van der Waals surface area contributed by atoms with Gasteiger partial charge in [-0.05, 0) is 18.6 Å². The number of halogens is 2. The maximum absolute atomic E-state index is 13.8. The summed E-state index contributed by atoms with van der Waals surface area (Å²) in [7, 11) is 1.29. The summed E-state index contributed by atoms with van der Waals surface area (Å²) in [6, 6.07) is 4.81. The van der Waals surface area contributed by atoms with E-state index in [9.17, 15) is 9.18 Å².